The highest BCUT2D eigenvalue weighted by molar-refractivity contribution is 7.07. The molecule has 0 amide bonds. The molecule has 0 fully saturated rings. The van der Waals surface area contributed by atoms with Crippen LogP contribution in [0.1, 0.15) is 22.6 Å². The zero-order chi connectivity index (χ0) is 23.8. The van der Waals surface area contributed by atoms with Crippen molar-refractivity contribution in [2.24, 2.45) is 7.05 Å². The summed E-state index contributed by atoms with van der Waals surface area (Å²) in [6.45, 7) is 3.94. The first-order valence-electron chi connectivity index (χ1n) is 10.8. The van der Waals surface area contributed by atoms with E-state index in [1.807, 2.05) is 86.1 Å². The summed E-state index contributed by atoms with van der Waals surface area (Å²) in [4.78, 5) is 22.8. The maximum atomic E-state index is 13.8. The largest absolute Gasteiger partial charge is 0.326 e. The van der Waals surface area contributed by atoms with Crippen LogP contribution in [0.5, 0.6) is 0 Å². The molecule has 7 heteroatoms. The van der Waals surface area contributed by atoms with Gasteiger partial charge in [-0.25, -0.2) is 4.98 Å². The third kappa shape index (κ3) is 3.54. The number of hydrogen-bond acceptors (Lipinski definition) is 5. The lowest BCUT2D eigenvalue weighted by atomic mass is 10.1. The molecule has 6 nitrogen and oxygen atoms in total. The van der Waals surface area contributed by atoms with Gasteiger partial charge in [0.05, 0.1) is 26.9 Å². The molecule has 0 aliphatic rings. The monoisotopic (exact) mass is 463 g/mol. The van der Waals surface area contributed by atoms with Gasteiger partial charge in [-0.05, 0) is 55.3 Å². The number of nitrogens with zero attached hydrogens (tertiary/aromatic N) is 5. The molecule has 0 saturated carbocycles. The topological polar surface area (TPSA) is 76.5 Å². The van der Waals surface area contributed by atoms with Crippen LogP contribution < -0.4 is 14.8 Å². The second-order valence-corrected chi connectivity index (χ2v) is 9.05. The van der Waals surface area contributed by atoms with Gasteiger partial charge < -0.3 is 4.57 Å². The quantitative estimate of drug-likeness (QED) is 0.411. The Morgan fingerprint density at radius 1 is 1.03 bits per heavy atom. The Morgan fingerprint density at radius 2 is 1.76 bits per heavy atom. The fraction of sp³-hybridized carbons (Fsp3) is 0.111. The summed E-state index contributed by atoms with van der Waals surface area (Å²) in [6, 6.07) is 21.6. The minimum absolute atomic E-state index is 0.186. The van der Waals surface area contributed by atoms with E-state index in [9.17, 15) is 10.1 Å². The van der Waals surface area contributed by atoms with Gasteiger partial charge in [0.2, 0.25) is 0 Å². The van der Waals surface area contributed by atoms with Crippen molar-refractivity contribution in [1.29, 1.82) is 5.26 Å². The number of fused-ring (bicyclic) bond motifs is 1. The van der Waals surface area contributed by atoms with Crippen LogP contribution in [-0.4, -0.2) is 19.1 Å². The standard InChI is InChI=1S/C27H21N5OS/c1-17-9-8-10-18(2)24(17)32-26(33)23(15-19-11-6-7-14-29-19)34-27(32)20(16-28)25-30-21-12-4-5-13-22(21)31(25)3/h4-15H,1-3H3/b23-15-,27-20-. The number of benzene rings is 2. The van der Waals surface area contributed by atoms with E-state index in [2.05, 4.69) is 11.1 Å². The van der Waals surface area contributed by atoms with Crippen LogP contribution in [0.25, 0.3) is 28.4 Å². The van der Waals surface area contributed by atoms with Gasteiger partial charge in [-0.1, -0.05) is 36.4 Å². The van der Waals surface area contributed by atoms with E-state index in [-0.39, 0.29) is 5.56 Å². The van der Waals surface area contributed by atoms with Gasteiger partial charge in [0.1, 0.15) is 16.3 Å². The summed E-state index contributed by atoms with van der Waals surface area (Å²) < 4.78 is 4.60. The average Bonchev–Trinajstić information content (AvgIpc) is 3.33. The summed E-state index contributed by atoms with van der Waals surface area (Å²) in [5.41, 5.74) is 5.25. The number of thiazole rings is 1. The number of imidazole rings is 1. The van der Waals surface area contributed by atoms with Crippen LogP contribution in [0.2, 0.25) is 0 Å². The van der Waals surface area contributed by atoms with Gasteiger partial charge in [-0.2, -0.15) is 5.26 Å². The zero-order valence-corrected chi connectivity index (χ0v) is 19.8. The van der Waals surface area contributed by atoms with Crippen molar-refractivity contribution in [3.63, 3.8) is 0 Å². The van der Waals surface area contributed by atoms with E-state index >= 15 is 0 Å². The van der Waals surface area contributed by atoms with Gasteiger partial charge in [0.15, 0.2) is 5.82 Å². The van der Waals surface area contributed by atoms with Crippen molar-refractivity contribution in [1.82, 2.24) is 19.1 Å². The molecule has 0 atom stereocenters. The van der Waals surface area contributed by atoms with Gasteiger partial charge in [-0.3, -0.25) is 14.3 Å². The van der Waals surface area contributed by atoms with E-state index in [0.29, 0.717) is 26.3 Å². The van der Waals surface area contributed by atoms with Crippen LogP contribution >= 0.6 is 11.3 Å². The number of aryl methyl sites for hydroxylation is 3. The number of para-hydroxylation sites is 3. The molecule has 0 unspecified atom stereocenters. The maximum Gasteiger partial charge on any atom is 0.273 e. The number of nitriles is 1. The second-order valence-electron chi connectivity index (χ2n) is 8.02. The highest BCUT2D eigenvalue weighted by Gasteiger charge is 2.19. The number of aromatic nitrogens is 4. The molecule has 2 aromatic carbocycles. The lowest BCUT2D eigenvalue weighted by Crippen LogP contribution is -2.32. The molecule has 0 saturated heterocycles. The molecule has 0 N–H and O–H groups in total. The Morgan fingerprint density at radius 3 is 2.44 bits per heavy atom. The Labute approximate surface area is 200 Å². The fourth-order valence-corrected chi connectivity index (χ4v) is 5.24. The predicted octanol–water partition coefficient (Wildman–Crippen LogP) is 3.35. The van der Waals surface area contributed by atoms with E-state index in [1.54, 1.807) is 16.8 Å². The lowest BCUT2D eigenvalue weighted by Gasteiger charge is -2.11. The van der Waals surface area contributed by atoms with Gasteiger partial charge in [-0.15, -0.1) is 11.3 Å². The minimum atomic E-state index is -0.186. The van der Waals surface area contributed by atoms with E-state index in [0.717, 1.165) is 27.8 Å². The Bertz CT molecular complexity index is 1750. The Kier molecular flexibility index (Phi) is 5.44. The van der Waals surface area contributed by atoms with Gasteiger partial charge in [0.25, 0.3) is 5.56 Å². The summed E-state index contributed by atoms with van der Waals surface area (Å²) in [5, 5.41) is 10.3. The molecule has 166 valence electrons. The van der Waals surface area contributed by atoms with Crippen molar-refractivity contribution in [3.05, 3.63) is 109 Å². The number of rotatable bonds is 3. The molecule has 0 bridgehead atoms. The van der Waals surface area contributed by atoms with Crippen LogP contribution in [0.15, 0.2) is 71.7 Å². The molecule has 5 rings (SSSR count). The Balaban J connectivity index is 1.95. The van der Waals surface area contributed by atoms with E-state index < -0.39 is 0 Å². The molecule has 0 radical (unpaired) electrons. The normalized spacial score (nSPS) is 12.7. The van der Waals surface area contributed by atoms with Crippen molar-refractivity contribution in [2.75, 3.05) is 0 Å². The van der Waals surface area contributed by atoms with Crippen LogP contribution in [0, 0.1) is 25.2 Å². The molecule has 0 spiro atoms. The van der Waals surface area contributed by atoms with Crippen molar-refractivity contribution < 1.29 is 0 Å². The molecule has 3 aromatic heterocycles. The minimum Gasteiger partial charge on any atom is -0.326 e. The summed E-state index contributed by atoms with van der Waals surface area (Å²) in [5.74, 6) is 0.523. The third-order valence-corrected chi connectivity index (χ3v) is 6.88. The molecule has 34 heavy (non-hydrogen) atoms. The molecule has 5 aromatic rings. The molecule has 0 aliphatic heterocycles. The average molecular weight is 464 g/mol. The highest BCUT2D eigenvalue weighted by atomic mass is 32.1. The van der Waals surface area contributed by atoms with Crippen LogP contribution in [0.3, 0.4) is 0 Å². The fourth-order valence-electron chi connectivity index (χ4n) is 4.17. The predicted molar refractivity (Wildman–Crippen MR) is 135 cm³/mol. The summed E-state index contributed by atoms with van der Waals surface area (Å²) in [6.07, 6.45) is 3.46. The second kappa shape index (κ2) is 8.58. The zero-order valence-electron chi connectivity index (χ0n) is 19.0. The first kappa shape index (κ1) is 21.6. The van der Waals surface area contributed by atoms with Crippen LogP contribution in [-0.2, 0) is 7.05 Å². The van der Waals surface area contributed by atoms with E-state index in [4.69, 9.17) is 4.98 Å². The Hall–Kier alpha value is -4.28. The maximum absolute atomic E-state index is 13.8. The first-order valence-corrected chi connectivity index (χ1v) is 11.6. The highest BCUT2D eigenvalue weighted by Crippen LogP contribution is 2.20. The first-order chi connectivity index (χ1) is 16.5. The summed E-state index contributed by atoms with van der Waals surface area (Å²) in [7, 11) is 1.89. The number of pyridine rings is 1. The molecular formula is C27H21N5OS. The lowest BCUT2D eigenvalue weighted by molar-refractivity contribution is 0.912. The molecule has 0 aliphatic carbocycles. The van der Waals surface area contributed by atoms with Crippen molar-refractivity contribution >= 4 is 34.0 Å². The van der Waals surface area contributed by atoms with E-state index in [1.165, 1.54) is 11.3 Å². The molecule has 3 heterocycles. The van der Waals surface area contributed by atoms with Crippen molar-refractivity contribution in [2.45, 2.75) is 13.8 Å². The number of hydrogen-bond donors (Lipinski definition) is 0. The van der Waals surface area contributed by atoms with Crippen molar-refractivity contribution in [3.8, 4) is 11.8 Å². The summed E-state index contributed by atoms with van der Waals surface area (Å²) >= 11 is 1.28. The SMILES string of the molecule is Cc1cccc(C)c1-n1c(=O)/c(=C/c2ccccn2)s/c1=C(/C#N)c1nc2ccccc2n1C. The van der Waals surface area contributed by atoms with Gasteiger partial charge in [0, 0.05) is 13.2 Å². The molecular weight excluding hydrogens is 442 g/mol. The van der Waals surface area contributed by atoms with Gasteiger partial charge >= 0.3 is 0 Å². The van der Waals surface area contributed by atoms with Crippen LogP contribution in [0.4, 0.5) is 0 Å². The smallest absolute Gasteiger partial charge is 0.273 e. The third-order valence-electron chi connectivity index (χ3n) is 5.79.